The van der Waals surface area contributed by atoms with Crippen LogP contribution >= 0.6 is 0 Å². The number of carbonyl (C=O) groups excluding carboxylic acids is 1. The summed E-state index contributed by atoms with van der Waals surface area (Å²) in [6.45, 7) is 3.86. The van der Waals surface area contributed by atoms with E-state index >= 15 is 0 Å². The molecule has 2 heterocycles. The van der Waals surface area contributed by atoms with E-state index in [9.17, 15) is 4.79 Å². The quantitative estimate of drug-likeness (QED) is 0.472. The Bertz CT molecular complexity index is 1000. The van der Waals surface area contributed by atoms with Crippen LogP contribution in [0.3, 0.4) is 0 Å². The number of carbonyl (C=O) groups is 1. The van der Waals surface area contributed by atoms with E-state index in [-0.39, 0.29) is 17.3 Å². The molecule has 144 valence electrons. The lowest BCUT2D eigenvalue weighted by atomic mass is 10.1. The second-order valence-electron chi connectivity index (χ2n) is 6.02. The maximum Gasteiger partial charge on any atom is 0.293 e. The topological polar surface area (TPSA) is 137 Å². The number of hydrogen-bond acceptors (Lipinski definition) is 8. The van der Waals surface area contributed by atoms with Crippen LogP contribution in [0.25, 0.3) is 11.9 Å². The second-order valence-corrected chi connectivity index (χ2v) is 6.02. The fourth-order valence-corrected chi connectivity index (χ4v) is 2.54. The third-order valence-electron chi connectivity index (χ3n) is 3.79. The molecule has 3 rings (SSSR count). The molecule has 3 N–H and O–H groups in total. The minimum atomic E-state index is -0.478. The van der Waals surface area contributed by atoms with Gasteiger partial charge in [-0.15, -0.1) is 5.10 Å². The summed E-state index contributed by atoms with van der Waals surface area (Å²) in [5.74, 6) is -0.220. The van der Waals surface area contributed by atoms with Crippen molar-refractivity contribution in [3.8, 4) is 5.82 Å². The van der Waals surface area contributed by atoms with Gasteiger partial charge in [0.2, 0.25) is 11.6 Å². The molecule has 0 aliphatic heterocycles. The summed E-state index contributed by atoms with van der Waals surface area (Å²) in [6.07, 6.45) is 4.82. The van der Waals surface area contributed by atoms with Crippen molar-refractivity contribution in [3.63, 3.8) is 0 Å². The third kappa shape index (κ3) is 4.29. The monoisotopic (exact) mass is 380 g/mol. The van der Waals surface area contributed by atoms with E-state index in [0.717, 1.165) is 17.6 Å². The van der Waals surface area contributed by atoms with Gasteiger partial charge in [0.05, 0.1) is 11.9 Å². The van der Waals surface area contributed by atoms with Gasteiger partial charge in [0, 0.05) is 0 Å². The number of nitrogens with one attached hydrogen (secondary N) is 1. The number of amides is 1. The highest BCUT2D eigenvalue weighted by Gasteiger charge is 2.23. The van der Waals surface area contributed by atoms with Gasteiger partial charge in [-0.05, 0) is 34.8 Å². The Morgan fingerprint density at radius 1 is 1.32 bits per heavy atom. The van der Waals surface area contributed by atoms with Crippen molar-refractivity contribution in [2.24, 2.45) is 5.10 Å². The van der Waals surface area contributed by atoms with Crippen LogP contribution in [0, 0.1) is 0 Å². The molecule has 0 spiro atoms. The predicted octanol–water partition coefficient (Wildman–Crippen LogP) is 2.00. The summed E-state index contributed by atoms with van der Waals surface area (Å²) in [5.41, 5.74) is 10.8. The van der Waals surface area contributed by atoms with Crippen LogP contribution in [0.1, 0.15) is 42.0 Å². The lowest BCUT2D eigenvalue weighted by molar-refractivity contribution is 0.0949. The molecule has 1 aromatic carbocycles. The molecule has 0 saturated heterocycles. The highest BCUT2D eigenvalue weighted by molar-refractivity contribution is 5.94. The van der Waals surface area contributed by atoms with Gasteiger partial charge >= 0.3 is 0 Å². The summed E-state index contributed by atoms with van der Waals surface area (Å²) in [4.78, 5) is 12.5. The van der Waals surface area contributed by atoms with Crippen LogP contribution in [-0.4, -0.2) is 37.4 Å². The largest absolute Gasteiger partial charge is 0.378 e. The Kier molecular flexibility index (Phi) is 5.90. The molecule has 28 heavy (non-hydrogen) atoms. The predicted molar refractivity (Wildman–Crippen MR) is 104 cm³/mol. The van der Waals surface area contributed by atoms with E-state index in [1.807, 2.05) is 50.3 Å². The molecular formula is C18H20N8O2. The van der Waals surface area contributed by atoms with Crippen LogP contribution < -0.4 is 11.2 Å². The van der Waals surface area contributed by atoms with Crippen molar-refractivity contribution in [3.05, 3.63) is 52.9 Å². The average Bonchev–Trinajstić information content (AvgIpc) is 3.28. The van der Waals surface area contributed by atoms with Crippen molar-refractivity contribution in [1.82, 2.24) is 30.7 Å². The maximum atomic E-state index is 12.5. The number of hydrogen-bond donors (Lipinski definition) is 2. The van der Waals surface area contributed by atoms with Gasteiger partial charge in [-0.25, -0.2) is 10.1 Å². The Morgan fingerprint density at radius 2 is 2.11 bits per heavy atom. The van der Waals surface area contributed by atoms with Crippen LogP contribution in [0.4, 0.5) is 5.82 Å². The van der Waals surface area contributed by atoms with E-state index in [4.69, 9.17) is 5.73 Å². The number of nitrogens with two attached hydrogens (primary N) is 1. The highest BCUT2D eigenvalue weighted by atomic mass is 16.6. The fourth-order valence-electron chi connectivity index (χ4n) is 2.54. The Hall–Kier alpha value is -3.82. The SMILES string of the molecule is CCCc1c(C(=O)NN=C/C(C)=C/c2ccccc2)nnn1-c1nonc1N. The molecule has 10 nitrogen and oxygen atoms in total. The van der Waals surface area contributed by atoms with E-state index in [0.29, 0.717) is 12.1 Å². The second kappa shape index (κ2) is 8.71. The van der Waals surface area contributed by atoms with E-state index in [2.05, 4.69) is 35.8 Å². The molecule has 0 saturated carbocycles. The summed E-state index contributed by atoms with van der Waals surface area (Å²) < 4.78 is 5.95. The zero-order chi connectivity index (χ0) is 19.9. The number of nitrogen functional groups attached to an aromatic ring is 1. The smallest absolute Gasteiger partial charge is 0.293 e. The first-order valence-electron chi connectivity index (χ1n) is 8.70. The molecule has 0 radical (unpaired) electrons. The number of rotatable bonds is 7. The minimum absolute atomic E-state index is 0.0638. The first kappa shape index (κ1) is 19.0. The maximum absolute atomic E-state index is 12.5. The normalized spacial score (nSPS) is 11.9. The average molecular weight is 380 g/mol. The highest BCUT2D eigenvalue weighted by Crippen LogP contribution is 2.17. The summed E-state index contributed by atoms with van der Waals surface area (Å²) in [7, 11) is 0. The summed E-state index contributed by atoms with van der Waals surface area (Å²) in [6, 6.07) is 9.82. The third-order valence-corrected chi connectivity index (χ3v) is 3.79. The molecule has 10 heteroatoms. The molecule has 0 unspecified atom stereocenters. The number of benzene rings is 1. The van der Waals surface area contributed by atoms with Crippen LogP contribution in [0.2, 0.25) is 0 Å². The van der Waals surface area contributed by atoms with Crippen molar-refractivity contribution < 1.29 is 9.42 Å². The molecule has 3 aromatic rings. The summed E-state index contributed by atoms with van der Waals surface area (Å²) >= 11 is 0. The molecule has 0 bridgehead atoms. The minimum Gasteiger partial charge on any atom is -0.378 e. The molecule has 1 amide bonds. The number of hydrazone groups is 1. The molecule has 0 aliphatic rings. The first-order chi connectivity index (χ1) is 13.6. The van der Waals surface area contributed by atoms with Crippen molar-refractivity contribution >= 4 is 24.0 Å². The van der Waals surface area contributed by atoms with E-state index in [1.54, 1.807) is 6.21 Å². The van der Waals surface area contributed by atoms with Gasteiger partial charge in [0.15, 0.2) is 5.69 Å². The zero-order valence-corrected chi connectivity index (χ0v) is 15.5. The van der Waals surface area contributed by atoms with E-state index < -0.39 is 5.91 Å². The van der Waals surface area contributed by atoms with Crippen molar-refractivity contribution in [2.45, 2.75) is 26.7 Å². The van der Waals surface area contributed by atoms with Crippen molar-refractivity contribution in [2.75, 3.05) is 5.73 Å². The first-order valence-corrected chi connectivity index (χ1v) is 8.70. The number of aromatic nitrogens is 5. The zero-order valence-electron chi connectivity index (χ0n) is 15.5. The summed E-state index contributed by atoms with van der Waals surface area (Å²) in [5, 5.41) is 19.1. The van der Waals surface area contributed by atoms with Gasteiger partial charge in [-0.2, -0.15) is 9.78 Å². The van der Waals surface area contributed by atoms with Crippen LogP contribution in [0.5, 0.6) is 0 Å². The number of allylic oxidation sites excluding steroid dienone is 1. The molecule has 0 atom stereocenters. The van der Waals surface area contributed by atoms with Gasteiger partial charge in [-0.3, -0.25) is 4.79 Å². The van der Waals surface area contributed by atoms with E-state index in [1.165, 1.54) is 4.68 Å². The van der Waals surface area contributed by atoms with Gasteiger partial charge < -0.3 is 5.73 Å². The molecule has 2 aromatic heterocycles. The van der Waals surface area contributed by atoms with Gasteiger partial charge in [-0.1, -0.05) is 55.0 Å². The van der Waals surface area contributed by atoms with Gasteiger partial charge in [0.25, 0.3) is 5.91 Å². The lowest BCUT2D eigenvalue weighted by Gasteiger charge is -2.03. The number of nitrogens with zero attached hydrogens (tertiary/aromatic N) is 6. The van der Waals surface area contributed by atoms with Crippen molar-refractivity contribution in [1.29, 1.82) is 0 Å². The fraction of sp³-hybridized carbons (Fsp3) is 0.222. The lowest BCUT2D eigenvalue weighted by Crippen LogP contribution is -2.20. The molecule has 0 fully saturated rings. The Balaban J connectivity index is 1.75. The Labute approximate surface area is 161 Å². The molecule has 0 aliphatic carbocycles. The van der Waals surface area contributed by atoms with Gasteiger partial charge in [0.1, 0.15) is 0 Å². The standard InChI is InChI=1S/C18H20N8O2/c1-3-7-14-15(21-25-26(14)17-16(19)23-28-24-17)18(27)22-20-11-12(2)10-13-8-5-4-6-9-13/h4-6,8-11H,3,7H2,1-2H3,(H2,19,23)(H,22,27)/b12-10+,20-11?. The number of anilines is 1. The van der Waals surface area contributed by atoms with Crippen LogP contribution in [-0.2, 0) is 6.42 Å². The van der Waals surface area contributed by atoms with Crippen LogP contribution in [0.15, 0.2) is 45.6 Å². The molecular weight excluding hydrogens is 360 g/mol. The Morgan fingerprint density at radius 3 is 2.79 bits per heavy atom.